The Morgan fingerprint density at radius 2 is 0.892 bits per heavy atom. The van der Waals surface area contributed by atoms with Crippen molar-refractivity contribution >= 4 is 11.9 Å². The summed E-state index contributed by atoms with van der Waals surface area (Å²) in [5, 5.41) is 40.2. The van der Waals surface area contributed by atoms with Crippen LogP contribution in [0.2, 0.25) is 0 Å². The number of carbonyl (C=O) groups is 2. The van der Waals surface area contributed by atoms with Crippen LogP contribution in [0, 0.1) is 0 Å². The van der Waals surface area contributed by atoms with Crippen LogP contribution in [0.3, 0.4) is 0 Å². The van der Waals surface area contributed by atoms with E-state index in [1.165, 1.54) is 128 Å². The van der Waals surface area contributed by atoms with Gasteiger partial charge in [0.2, 0.25) is 0 Å². The van der Waals surface area contributed by atoms with Gasteiger partial charge in [-0.1, -0.05) is 217 Å². The predicted octanol–water partition coefficient (Wildman–Crippen LogP) is 12.8. The van der Waals surface area contributed by atoms with Crippen LogP contribution in [0.25, 0.3) is 0 Å². The maximum Gasteiger partial charge on any atom is 0.306 e. The number of aliphatic hydroxyl groups is 4. The zero-order valence-electron chi connectivity index (χ0n) is 41.5. The van der Waals surface area contributed by atoms with E-state index in [1.54, 1.807) is 0 Å². The van der Waals surface area contributed by atoms with Crippen LogP contribution in [0.15, 0.2) is 48.6 Å². The Kier molecular flexibility index (Phi) is 42.4. The van der Waals surface area contributed by atoms with E-state index < -0.39 is 55.4 Å². The van der Waals surface area contributed by atoms with Crippen molar-refractivity contribution in [2.24, 2.45) is 0 Å². The van der Waals surface area contributed by atoms with Gasteiger partial charge in [-0.15, -0.1) is 0 Å². The lowest BCUT2D eigenvalue weighted by Gasteiger charge is -2.39. The Bertz CT molecular complexity index is 1200. The summed E-state index contributed by atoms with van der Waals surface area (Å²) in [6.45, 7) is 3.36. The lowest BCUT2D eigenvalue weighted by atomic mass is 9.99. The van der Waals surface area contributed by atoms with E-state index in [0.717, 1.165) is 64.2 Å². The monoisotopic (exact) mass is 919 g/mol. The van der Waals surface area contributed by atoms with Crippen molar-refractivity contribution in [1.82, 2.24) is 0 Å². The lowest BCUT2D eigenvalue weighted by Crippen LogP contribution is -2.59. The number of hydrogen-bond donors (Lipinski definition) is 4. The number of esters is 2. The summed E-state index contributed by atoms with van der Waals surface area (Å²) >= 11 is 0. The second-order valence-corrected chi connectivity index (χ2v) is 18.3. The number of allylic oxidation sites excluding steroid dienone is 8. The molecule has 0 aliphatic carbocycles. The van der Waals surface area contributed by atoms with Crippen LogP contribution in [0.5, 0.6) is 0 Å². The standard InChI is InChI=1S/C55H98O10/c1-3-5-7-9-11-13-15-17-19-21-22-23-24-25-26-28-30-32-34-36-38-40-42-44-51(58)64-48(47-63-55-54(61)53(60)52(59)49(45-56)65-55)46-62-50(57)43-41-39-37-35-33-31-29-27-20-18-16-14-12-10-8-6-4-2/h8,10,14,16,20,27,31,33,48-49,52-56,59-61H,3-7,9,11-13,15,17-19,21-26,28-30,32,34-47H2,1-2H3/b10-8+,16-14+,27-20+,33-31+/t48-,49-,52+,53?,54?,55-/m1/s1. The highest BCUT2D eigenvalue weighted by atomic mass is 16.7. The number of hydrogen-bond acceptors (Lipinski definition) is 10. The Hall–Kier alpha value is -2.34. The maximum atomic E-state index is 12.9. The molecule has 10 nitrogen and oxygen atoms in total. The van der Waals surface area contributed by atoms with Gasteiger partial charge in [0.15, 0.2) is 12.4 Å². The molecule has 378 valence electrons. The van der Waals surface area contributed by atoms with Gasteiger partial charge in [-0.25, -0.2) is 0 Å². The number of ether oxygens (including phenoxy) is 4. The SMILES string of the molecule is CCC/C=C/C/C=C/C/C=C/C/C=C/CCCCCC(=O)OC[C@H](CO[C@@H]1O[C@H](CO)[C@H](O)C(O)C1O)OC(=O)CCCCCCCCCCCCCCCCCCCCCCCCC. The quantitative estimate of drug-likeness (QED) is 0.0264. The molecule has 1 aliphatic heterocycles. The molecule has 6 atom stereocenters. The third kappa shape index (κ3) is 36.4. The van der Waals surface area contributed by atoms with Crippen LogP contribution < -0.4 is 0 Å². The molecule has 1 aliphatic rings. The second kappa shape index (κ2) is 45.4. The van der Waals surface area contributed by atoms with E-state index in [4.69, 9.17) is 18.9 Å². The third-order valence-electron chi connectivity index (χ3n) is 12.2. The van der Waals surface area contributed by atoms with Crippen molar-refractivity contribution in [2.75, 3.05) is 19.8 Å². The van der Waals surface area contributed by atoms with Crippen molar-refractivity contribution in [1.29, 1.82) is 0 Å². The molecule has 0 bridgehead atoms. The fourth-order valence-corrected chi connectivity index (χ4v) is 8.00. The van der Waals surface area contributed by atoms with E-state index in [1.807, 2.05) is 0 Å². The van der Waals surface area contributed by atoms with E-state index in [9.17, 15) is 30.0 Å². The topological polar surface area (TPSA) is 152 Å². The third-order valence-corrected chi connectivity index (χ3v) is 12.2. The molecule has 0 saturated carbocycles. The molecule has 0 amide bonds. The summed E-state index contributed by atoms with van der Waals surface area (Å²) in [5.41, 5.74) is 0. The molecule has 0 aromatic rings. The fraction of sp³-hybridized carbons (Fsp3) is 0.818. The van der Waals surface area contributed by atoms with Gasteiger partial charge in [-0.2, -0.15) is 0 Å². The van der Waals surface area contributed by atoms with E-state index in [0.29, 0.717) is 12.8 Å². The zero-order valence-corrected chi connectivity index (χ0v) is 41.5. The van der Waals surface area contributed by atoms with Gasteiger partial charge >= 0.3 is 11.9 Å². The summed E-state index contributed by atoms with van der Waals surface area (Å²) in [5.74, 6) is -0.835. The Balaban J connectivity index is 2.24. The van der Waals surface area contributed by atoms with Crippen LogP contribution in [0.1, 0.15) is 232 Å². The smallest absolute Gasteiger partial charge is 0.306 e. The van der Waals surface area contributed by atoms with Gasteiger partial charge in [-0.3, -0.25) is 9.59 Å². The first kappa shape index (κ1) is 60.7. The average Bonchev–Trinajstić information content (AvgIpc) is 3.30. The minimum atomic E-state index is -1.60. The fourth-order valence-electron chi connectivity index (χ4n) is 8.00. The highest BCUT2D eigenvalue weighted by molar-refractivity contribution is 5.70. The van der Waals surface area contributed by atoms with Crippen LogP contribution in [-0.2, 0) is 28.5 Å². The van der Waals surface area contributed by atoms with Gasteiger partial charge in [0.25, 0.3) is 0 Å². The normalized spacial score (nSPS) is 19.6. The van der Waals surface area contributed by atoms with Crippen LogP contribution in [0.4, 0.5) is 0 Å². The minimum Gasteiger partial charge on any atom is -0.462 e. The molecule has 0 spiro atoms. The largest absolute Gasteiger partial charge is 0.462 e. The molecular formula is C55H98O10. The molecule has 4 N–H and O–H groups in total. The molecule has 0 aromatic carbocycles. The molecule has 1 fully saturated rings. The van der Waals surface area contributed by atoms with Crippen molar-refractivity contribution in [3.63, 3.8) is 0 Å². The summed E-state index contributed by atoms with van der Waals surface area (Å²) in [6.07, 6.45) is 48.4. The van der Waals surface area contributed by atoms with Gasteiger partial charge in [-0.05, 0) is 51.4 Å². The van der Waals surface area contributed by atoms with E-state index in [2.05, 4.69) is 62.5 Å². The molecular weight excluding hydrogens is 821 g/mol. The first-order valence-electron chi connectivity index (χ1n) is 26.7. The Morgan fingerprint density at radius 3 is 1.35 bits per heavy atom. The Morgan fingerprint density at radius 1 is 0.477 bits per heavy atom. The number of rotatable bonds is 45. The summed E-state index contributed by atoms with van der Waals surface area (Å²) in [6, 6.07) is 0. The molecule has 1 rings (SSSR count). The Labute approximate surface area is 397 Å². The predicted molar refractivity (Wildman–Crippen MR) is 265 cm³/mol. The molecule has 10 heteroatoms. The maximum absolute atomic E-state index is 12.9. The van der Waals surface area contributed by atoms with Gasteiger partial charge in [0, 0.05) is 12.8 Å². The van der Waals surface area contributed by atoms with E-state index >= 15 is 0 Å². The first-order valence-corrected chi connectivity index (χ1v) is 26.7. The van der Waals surface area contributed by atoms with Gasteiger partial charge in [0.1, 0.15) is 31.0 Å². The first-order chi connectivity index (χ1) is 31.8. The summed E-state index contributed by atoms with van der Waals surface area (Å²) < 4.78 is 22.2. The molecule has 1 heterocycles. The highest BCUT2D eigenvalue weighted by Crippen LogP contribution is 2.23. The minimum absolute atomic E-state index is 0.225. The summed E-state index contributed by atoms with van der Waals surface area (Å²) in [7, 11) is 0. The number of aliphatic hydroxyl groups excluding tert-OH is 4. The molecule has 0 radical (unpaired) electrons. The lowest BCUT2D eigenvalue weighted by molar-refractivity contribution is -0.305. The van der Waals surface area contributed by atoms with Crippen LogP contribution in [-0.4, -0.2) is 89.0 Å². The number of unbranched alkanes of at least 4 members (excludes halogenated alkanes) is 26. The van der Waals surface area contributed by atoms with Crippen molar-refractivity contribution in [3.8, 4) is 0 Å². The van der Waals surface area contributed by atoms with Crippen molar-refractivity contribution in [3.05, 3.63) is 48.6 Å². The second-order valence-electron chi connectivity index (χ2n) is 18.3. The highest BCUT2D eigenvalue weighted by Gasteiger charge is 2.44. The van der Waals surface area contributed by atoms with Crippen LogP contribution >= 0.6 is 0 Å². The molecule has 2 unspecified atom stereocenters. The van der Waals surface area contributed by atoms with Gasteiger partial charge in [0.05, 0.1) is 13.2 Å². The molecule has 1 saturated heterocycles. The van der Waals surface area contributed by atoms with E-state index in [-0.39, 0.29) is 26.1 Å². The molecule has 65 heavy (non-hydrogen) atoms. The molecule has 0 aromatic heterocycles. The van der Waals surface area contributed by atoms with Crippen molar-refractivity contribution < 1.29 is 49.0 Å². The van der Waals surface area contributed by atoms with Gasteiger partial charge < -0.3 is 39.4 Å². The summed E-state index contributed by atoms with van der Waals surface area (Å²) in [4.78, 5) is 25.5. The average molecular weight is 919 g/mol. The van der Waals surface area contributed by atoms with Crippen molar-refractivity contribution in [2.45, 2.75) is 269 Å². The number of carbonyl (C=O) groups excluding carboxylic acids is 2. The zero-order chi connectivity index (χ0) is 47.3.